The number of alkyl halides is 2. The number of fused-ring (bicyclic) bond motifs is 1. The average Bonchev–Trinajstić information content (AvgIpc) is 2.58. The second-order valence-electron chi connectivity index (χ2n) is 3.56. The Kier molecular flexibility index (Phi) is 2.76. The van der Waals surface area contributed by atoms with Crippen molar-refractivity contribution >= 4 is 5.69 Å². The van der Waals surface area contributed by atoms with Gasteiger partial charge in [-0.05, 0) is 18.6 Å². The summed E-state index contributed by atoms with van der Waals surface area (Å²) < 4.78 is 34.1. The SMILES string of the molecule is CCC(C#N)Nc1ccc2c(c1)OC(F)(F)O2. The van der Waals surface area contributed by atoms with E-state index < -0.39 is 6.29 Å². The first-order valence-electron chi connectivity index (χ1n) is 5.10. The Morgan fingerprint density at radius 3 is 2.76 bits per heavy atom. The lowest BCUT2D eigenvalue weighted by atomic mass is 10.2. The van der Waals surface area contributed by atoms with Crippen LogP contribution in [-0.2, 0) is 0 Å². The first-order valence-corrected chi connectivity index (χ1v) is 5.10. The monoisotopic (exact) mass is 240 g/mol. The Hall–Kier alpha value is -2.03. The van der Waals surface area contributed by atoms with Gasteiger partial charge in [0.1, 0.15) is 6.04 Å². The summed E-state index contributed by atoms with van der Waals surface area (Å²) in [5, 5.41) is 11.7. The van der Waals surface area contributed by atoms with Gasteiger partial charge in [-0.3, -0.25) is 0 Å². The van der Waals surface area contributed by atoms with Crippen molar-refractivity contribution in [3.63, 3.8) is 0 Å². The second kappa shape index (κ2) is 4.09. The van der Waals surface area contributed by atoms with Crippen molar-refractivity contribution in [2.45, 2.75) is 25.7 Å². The fourth-order valence-corrected chi connectivity index (χ4v) is 1.47. The highest BCUT2D eigenvalue weighted by molar-refractivity contribution is 5.56. The maximum absolute atomic E-state index is 12.7. The molecule has 1 heterocycles. The molecule has 0 radical (unpaired) electrons. The number of halogens is 2. The number of ether oxygens (including phenoxy) is 2. The van der Waals surface area contributed by atoms with Gasteiger partial charge in [0.2, 0.25) is 0 Å². The van der Waals surface area contributed by atoms with Crippen LogP contribution in [0.5, 0.6) is 11.5 Å². The van der Waals surface area contributed by atoms with E-state index in [-0.39, 0.29) is 17.5 Å². The largest absolute Gasteiger partial charge is 0.586 e. The Morgan fingerprint density at radius 2 is 2.12 bits per heavy atom. The summed E-state index contributed by atoms with van der Waals surface area (Å²) in [7, 11) is 0. The minimum atomic E-state index is -3.61. The summed E-state index contributed by atoms with van der Waals surface area (Å²) in [5.74, 6) is -0.0432. The van der Waals surface area contributed by atoms with Crippen molar-refractivity contribution in [1.82, 2.24) is 0 Å². The van der Waals surface area contributed by atoms with Crippen molar-refractivity contribution in [2.24, 2.45) is 0 Å². The Balaban J connectivity index is 2.17. The van der Waals surface area contributed by atoms with Crippen LogP contribution in [-0.4, -0.2) is 12.3 Å². The predicted molar refractivity (Wildman–Crippen MR) is 56.0 cm³/mol. The van der Waals surface area contributed by atoms with E-state index >= 15 is 0 Å². The second-order valence-corrected chi connectivity index (χ2v) is 3.56. The van der Waals surface area contributed by atoms with Crippen molar-refractivity contribution in [1.29, 1.82) is 5.26 Å². The van der Waals surface area contributed by atoms with Gasteiger partial charge in [0, 0.05) is 11.8 Å². The van der Waals surface area contributed by atoms with Crippen LogP contribution in [0.4, 0.5) is 14.5 Å². The molecule has 1 N–H and O–H groups in total. The molecule has 6 heteroatoms. The molecule has 0 aromatic heterocycles. The van der Waals surface area contributed by atoms with Crippen LogP contribution >= 0.6 is 0 Å². The molecule has 0 bridgehead atoms. The first kappa shape index (κ1) is 11.5. The van der Waals surface area contributed by atoms with Crippen LogP contribution in [0.3, 0.4) is 0 Å². The molecule has 0 saturated carbocycles. The molecular weight excluding hydrogens is 230 g/mol. The van der Waals surface area contributed by atoms with Crippen molar-refractivity contribution in [3.05, 3.63) is 18.2 Å². The number of nitriles is 1. The zero-order valence-corrected chi connectivity index (χ0v) is 9.04. The van der Waals surface area contributed by atoms with Crippen LogP contribution in [0.15, 0.2) is 18.2 Å². The molecule has 1 aliphatic heterocycles. The molecule has 1 atom stereocenters. The third-order valence-corrected chi connectivity index (χ3v) is 2.31. The normalized spacial score (nSPS) is 17.3. The Labute approximate surface area is 96.8 Å². The third kappa shape index (κ3) is 2.38. The molecule has 0 fully saturated rings. The van der Waals surface area contributed by atoms with Crippen LogP contribution in [0.2, 0.25) is 0 Å². The quantitative estimate of drug-likeness (QED) is 0.882. The molecule has 1 aromatic rings. The summed E-state index contributed by atoms with van der Waals surface area (Å²) in [6.07, 6.45) is -3.00. The van der Waals surface area contributed by atoms with Crippen molar-refractivity contribution in [2.75, 3.05) is 5.32 Å². The smallest absolute Gasteiger partial charge is 0.395 e. The topological polar surface area (TPSA) is 54.3 Å². The molecule has 0 spiro atoms. The lowest BCUT2D eigenvalue weighted by molar-refractivity contribution is -0.286. The highest BCUT2D eigenvalue weighted by atomic mass is 19.3. The van der Waals surface area contributed by atoms with Gasteiger partial charge in [0.05, 0.1) is 6.07 Å². The molecular formula is C11H10F2N2O2. The maximum Gasteiger partial charge on any atom is 0.586 e. The van der Waals surface area contributed by atoms with E-state index in [1.807, 2.05) is 6.92 Å². The van der Waals surface area contributed by atoms with E-state index in [2.05, 4.69) is 20.9 Å². The van der Waals surface area contributed by atoms with E-state index in [0.29, 0.717) is 12.1 Å². The summed E-state index contributed by atoms with van der Waals surface area (Å²) in [4.78, 5) is 0. The third-order valence-electron chi connectivity index (χ3n) is 2.31. The van der Waals surface area contributed by atoms with Crippen LogP contribution in [0, 0.1) is 11.3 Å². The summed E-state index contributed by atoms with van der Waals surface area (Å²) >= 11 is 0. The number of nitrogens with zero attached hydrogens (tertiary/aromatic N) is 1. The van der Waals surface area contributed by atoms with E-state index in [0.717, 1.165) is 0 Å². The number of rotatable bonds is 3. The molecule has 1 unspecified atom stereocenters. The number of benzene rings is 1. The molecule has 1 aromatic carbocycles. The molecule has 1 aliphatic rings. The number of hydrogen-bond acceptors (Lipinski definition) is 4. The van der Waals surface area contributed by atoms with Gasteiger partial charge in [0.25, 0.3) is 0 Å². The van der Waals surface area contributed by atoms with Crippen LogP contribution in [0.25, 0.3) is 0 Å². The number of nitrogens with one attached hydrogen (secondary N) is 1. The molecule has 2 rings (SSSR count). The van der Waals surface area contributed by atoms with Crippen LogP contribution < -0.4 is 14.8 Å². The molecule has 90 valence electrons. The first-order chi connectivity index (χ1) is 8.04. The molecule has 0 saturated heterocycles. The summed E-state index contributed by atoms with van der Waals surface area (Å²) in [6, 6.07) is 6.01. The zero-order chi connectivity index (χ0) is 12.5. The standard InChI is InChI=1S/C11H10F2N2O2/c1-2-7(6-14)15-8-3-4-9-10(5-8)17-11(12,13)16-9/h3-5,7,15H,2H2,1H3. The fraction of sp³-hybridized carbons (Fsp3) is 0.364. The fourth-order valence-electron chi connectivity index (χ4n) is 1.47. The van der Waals surface area contributed by atoms with Gasteiger partial charge in [-0.1, -0.05) is 6.92 Å². The van der Waals surface area contributed by atoms with E-state index in [4.69, 9.17) is 5.26 Å². The Morgan fingerprint density at radius 1 is 1.41 bits per heavy atom. The highest BCUT2D eigenvalue weighted by Gasteiger charge is 2.43. The van der Waals surface area contributed by atoms with Gasteiger partial charge < -0.3 is 14.8 Å². The highest BCUT2D eigenvalue weighted by Crippen LogP contribution is 2.42. The van der Waals surface area contributed by atoms with E-state index in [9.17, 15) is 8.78 Å². The lowest BCUT2D eigenvalue weighted by Gasteiger charge is -2.10. The lowest BCUT2D eigenvalue weighted by Crippen LogP contribution is -2.25. The van der Waals surface area contributed by atoms with Crippen LogP contribution in [0.1, 0.15) is 13.3 Å². The van der Waals surface area contributed by atoms with Gasteiger partial charge in [-0.25, -0.2) is 0 Å². The van der Waals surface area contributed by atoms with Crippen molar-refractivity contribution < 1.29 is 18.3 Å². The number of anilines is 1. The Bertz CT molecular complexity index is 471. The van der Waals surface area contributed by atoms with Gasteiger partial charge >= 0.3 is 6.29 Å². The van der Waals surface area contributed by atoms with E-state index in [1.165, 1.54) is 12.1 Å². The zero-order valence-electron chi connectivity index (χ0n) is 9.04. The minimum Gasteiger partial charge on any atom is -0.395 e. The number of hydrogen-bond donors (Lipinski definition) is 1. The molecule has 4 nitrogen and oxygen atoms in total. The maximum atomic E-state index is 12.7. The predicted octanol–water partition coefficient (Wildman–Crippen LogP) is 2.72. The molecule has 0 amide bonds. The van der Waals surface area contributed by atoms with Crippen molar-refractivity contribution in [3.8, 4) is 17.6 Å². The average molecular weight is 240 g/mol. The summed E-state index contributed by atoms with van der Waals surface area (Å²) in [5.41, 5.74) is 0.540. The molecule has 0 aliphatic carbocycles. The van der Waals surface area contributed by atoms with Gasteiger partial charge in [0.15, 0.2) is 11.5 Å². The van der Waals surface area contributed by atoms with Gasteiger partial charge in [-0.2, -0.15) is 5.26 Å². The minimum absolute atomic E-state index is 0.00874. The van der Waals surface area contributed by atoms with E-state index in [1.54, 1.807) is 6.07 Å². The molecule has 17 heavy (non-hydrogen) atoms. The van der Waals surface area contributed by atoms with Gasteiger partial charge in [-0.15, -0.1) is 8.78 Å². The summed E-state index contributed by atoms with van der Waals surface area (Å²) in [6.45, 7) is 1.85.